The van der Waals surface area contributed by atoms with Gasteiger partial charge in [-0.2, -0.15) is 0 Å². The molecule has 5 N–H and O–H groups in total. The highest BCUT2D eigenvalue weighted by Crippen LogP contribution is 2.22. The van der Waals surface area contributed by atoms with Gasteiger partial charge in [0.2, 0.25) is 0 Å². The maximum Gasteiger partial charge on any atom is 0.263 e. The number of nitrogens with zero attached hydrogens (tertiary/aromatic N) is 1. The highest BCUT2D eigenvalue weighted by Gasteiger charge is 2.20. The van der Waals surface area contributed by atoms with E-state index >= 15 is 0 Å². The summed E-state index contributed by atoms with van der Waals surface area (Å²) < 4.78 is 10.8. The number of unbranched alkanes of at least 4 members (excludes halogenated alkanes) is 1. The SMILES string of the molecule is CCCCOc1cc(Cl)cc(CN=C(N)NC(=O)/C(C(=N)c2ccc(OC)cc2)=C(\C)O)c1. The number of hydrogen-bond acceptors (Lipinski definition) is 6. The van der Waals surface area contributed by atoms with Crippen LogP contribution >= 0.6 is 11.6 Å². The minimum absolute atomic E-state index is 0.157. The molecule has 2 aromatic rings. The molecule has 0 bridgehead atoms. The Bertz CT molecular complexity index is 1040. The van der Waals surface area contributed by atoms with Crippen LogP contribution in [-0.4, -0.2) is 36.4 Å². The quantitative estimate of drug-likeness (QED) is 0.134. The first-order chi connectivity index (χ1) is 15.7. The predicted octanol–water partition coefficient (Wildman–Crippen LogP) is 4.36. The van der Waals surface area contributed by atoms with E-state index in [1.165, 1.54) is 14.0 Å². The number of hydrogen-bond donors (Lipinski definition) is 4. The van der Waals surface area contributed by atoms with Crippen molar-refractivity contribution in [2.24, 2.45) is 10.7 Å². The van der Waals surface area contributed by atoms with E-state index < -0.39 is 5.91 Å². The molecule has 0 unspecified atom stereocenters. The Morgan fingerprint density at radius 1 is 1.21 bits per heavy atom. The topological polar surface area (TPSA) is 130 Å². The summed E-state index contributed by atoms with van der Waals surface area (Å²) in [7, 11) is 1.53. The molecule has 0 atom stereocenters. The summed E-state index contributed by atoms with van der Waals surface area (Å²) in [4.78, 5) is 16.9. The Balaban J connectivity index is 2.09. The van der Waals surface area contributed by atoms with Crippen LogP contribution in [0.1, 0.15) is 37.8 Å². The van der Waals surface area contributed by atoms with Gasteiger partial charge in [0.1, 0.15) is 22.8 Å². The number of carbonyl (C=O) groups excluding carboxylic acids is 1. The van der Waals surface area contributed by atoms with Gasteiger partial charge in [-0.05, 0) is 61.4 Å². The smallest absolute Gasteiger partial charge is 0.263 e. The normalized spacial score (nSPS) is 12.1. The van der Waals surface area contributed by atoms with E-state index in [4.69, 9.17) is 32.2 Å². The molecule has 8 nitrogen and oxygen atoms in total. The number of nitrogens with two attached hydrogens (primary N) is 1. The monoisotopic (exact) mass is 472 g/mol. The molecule has 0 spiro atoms. The lowest BCUT2D eigenvalue weighted by atomic mass is 10.0. The summed E-state index contributed by atoms with van der Waals surface area (Å²) in [6, 6.07) is 11.8. The van der Waals surface area contributed by atoms with Crippen molar-refractivity contribution >= 4 is 29.2 Å². The Labute approximate surface area is 198 Å². The van der Waals surface area contributed by atoms with E-state index in [1.54, 1.807) is 36.4 Å². The van der Waals surface area contributed by atoms with Gasteiger partial charge in [-0.1, -0.05) is 24.9 Å². The maximum absolute atomic E-state index is 12.7. The Morgan fingerprint density at radius 3 is 2.52 bits per heavy atom. The lowest BCUT2D eigenvalue weighted by Gasteiger charge is -2.12. The van der Waals surface area contributed by atoms with E-state index in [9.17, 15) is 9.90 Å². The summed E-state index contributed by atoms with van der Waals surface area (Å²) in [5, 5.41) is 21.3. The van der Waals surface area contributed by atoms with Crippen molar-refractivity contribution in [3.8, 4) is 11.5 Å². The molecule has 0 fully saturated rings. The predicted molar refractivity (Wildman–Crippen MR) is 130 cm³/mol. The third kappa shape index (κ3) is 7.84. The molecule has 0 heterocycles. The number of halogens is 1. The number of nitrogens with one attached hydrogen (secondary N) is 2. The molecule has 9 heteroatoms. The molecule has 176 valence electrons. The number of methoxy groups -OCH3 is 1. The first-order valence-electron chi connectivity index (χ1n) is 10.4. The lowest BCUT2D eigenvalue weighted by Crippen LogP contribution is -2.39. The summed E-state index contributed by atoms with van der Waals surface area (Å²) in [5.74, 6) is 0.0303. The van der Waals surface area contributed by atoms with Gasteiger partial charge in [-0.15, -0.1) is 0 Å². The molecule has 1 amide bonds. The average molecular weight is 473 g/mol. The number of aliphatic imine (C=N–C) groups is 1. The van der Waals surface area contributed by atoms with Crippen LogP contribution in [0, 0.1) is 5.41 Å². The molecule has 0 aliphatic carbocycles. The zero-order valence-electron chi connectivity index (χ0n) is 18.9. The zero-order chi connectivity index (χ0) is 24.4. The first-order valence-corrected chi connectivity index (χ1v) is 10.8. The zero-order valence-corrected chi connectivity index (χ0v) is 19.7. The number of aliphatic hydroxyl groups is 1. The standard InChI is InChI=1S/C24H29ClN4O4/c1-4-5-10-33-20-12-16(11-18(25)13-20)14-28-24(27)29-23(31)21(15(2)30)22(26)17-6-8-19(32-3)9-7-17/h6-9,11-13,26,30H,4-5,10,14H2,1-3H3,(H3,27,28,29,31)/b21-15+,26-22?. The number of amides is 1. The van der Waals surface area contributed by atoms with E-state index in [1.807, 2.05) is 6.07 Å². The molecule has 0 saturated heterocycles. The van der Waals surface area contributed by atoms with Crippen LogP contribution in [0.25, 0.3) is 0 Å². The minimum atomic E-state index is -0.744. The fraction of sp³-hybridized carbons (Fsp3) is 0.292. The second kappa shape index (κ2) is 12.5. The van der Waals surface area contributed by atoms with Gasteiger partial charge in [0.25, 0.3) is 5.91 Å². The summed E-state index contributed by atoms with van der Waals surface area (Å²) >= 11 is 6.16. The van der Waals surface area contributed by atoms with Crippen LogP contribution in [-0.2, 0) is 11.3 Å². The van der Waals surface area contributed by atoms with Crippen molar-refractivity contribution in [2.45, 2.75) is 33.2 Å². The van der Waals surface area contributed by atoms with Gasteiger partial charge in [-0.3, -0.25) is 15.5 Å². The van der Waals surface area contributed by atoms with Crippen LogP contribution in [0.5, 0.6) is 11.5 Å². The molecule has 2 aromatic carbocycles. The van der Waals surface area contributed by atoms with Crippen LogP contribution < -0.4 is 20.5 Å². The van der Waals surface area contributed by atoms with Gasteiger partial charge in [0, 0.05) is 10.6 Å². The minimum Gasteiger partial charge on any atom is -0.512 e. The molecular formula is C24H29ClN4O4. The fourth-order valence-electron chi connectivity index (χ4n) is 2.89. The van der Waals surface area contributed by atoms with Crippen molar-refractivity contribution < 1.29 is 19.4 Å². The van der Waals surface area contributed by atoms with Crippen LogP contribution in [0.3, 0.4) is 0 Å². The molecule has 0 aliphatic heterocycles. The van der Waals surface area contributed by atoms with Gasteiger partial charge >= 0.3 is 0 Å². The maximum atomic E-state index is 12.7. The number of benzene rings is 2. The number of rotatable bonds is 10. The second-order valence-electron chi connectivity index (χ2n) is 7.22. The van der Waals surface area contributed by atoms with Gasteiger partial charge < -0.3 is 20.3 Å². The molecule has 0 radical (unpaired) electrons. The third-order valence-corrected chi connectivity index (χ3v) is 4.81. The largest absolute Gasteiger partial charge is 0.512 e. The highest BCUT2D eigenvalue weighted by molar-refractivity contribution is 6.30. The molecule has 0 saturated carbocycles. The Kier molecular flexibility index (Phi) is 9.75. The third-order valence-electron chi connectivity index (χ3n) is 4.59. The number of guanidine groups is 1. The van der Waals surface area contributed by atoms with Crippen LogP contribution in [0.15, 0.2) is 58.8 Å². The van der Waals surface area contributed by atoms with Crippen molar-refractivity contribution in [2.75, 3.05) is 13.7 Å². The first kappa shape index (κ1) is 25.7. The summed E-state index contributed by atoms with van der Waals surface area (Å²) in [6.07, 6.45) is 1.96. The average Bonchev–Trinajstić information content (AvgIpc) is 2.77. The van der Waals surface area contributed by atoms with Crippen LogP contribution in [0.4, 0.5) is 0 Å². The lowest BCUT2D eigenvalue weighted by molar-refractivity contribution is -0.115. The highest BCUT2D eigenvalue weighted by atomic mass is 35.5. The van der Waals surface area contributed by atoms with E-state index in [0.29, 0.717) is 28.7 Å². The Hall–Kier alpha value is -3.52. The van der Waals surface area contributed by atoms with Crippen LogP contribution in [0.2, 0.25) is 5.02 Å². The number of allylic oxidation sites excluding steroid dienone is 1. The number of ether oxygens (including phenoxy) is 2. The molecule has 2 rings (SSSR count). The van der Waals surface area contributed by atoms with E-state index in [0.717, 1.165) is 18.4 Å². The Morgan fingerprint density at radius 2 is 1.91 bits per heavy atom. The number of aliphatic hydroxyl groups excluding tert-OH is 1. The van der Waals surface area contributed by atoms with Crippen molar-refractivity contribution in [3.63, 3.8) is 0 Å². The summed E-state index contributed by atoms with van der Waals surface area (Å²) in [5.41, 5.74) is 6.68. The van der Waals surface area contributed by atoms with Gasteiger partial charge in [0.05, 0.1) is 26.0 Å². The van der Waals surface area contributed by atoms with Gasteiger partial charge in [0.15, 0.2) is 5.96 Å². The van der Waals surface area contributed by atoms with Crippen molar-refractivity contribution in [1.29, 1.82) is 5.41 Å². The van der Waals surface area contributed by atoms with E-state index in [2.05, 4.69) is 17.2 Å². The fourth-order valence-corrected chi connectivity index (χ4v) is 3.13. The number of carbonyl (C=O) groups is 1. The molecule has 0 aromatic heterocycles. The molecule has 0 aliphatic rings. The second-order valence-corrected chi connectivity index (χ2v) is 7.65. The van der Waals surface area contributed by atoms with Gasteiger partial charge in [-0.25, -0.2) is 4.99 Å². The molecular weight excluding hydrogens is 444 g/mol. The van der Waals surface area contributed by atoms with Crippen molar-refractivity contribution in [1.82, 2.24) is 5.32 Å². The van der Waals surface area contributed by atoms with E-state index in [-0.39, 0.29) is 29.5 Å². The molecule has 33 heavy (non-hydrogen) atoms. The van der Waals surface area contributed by atoms with Crippen molar-refractivity contribution in [3.05, 3.63) is 69.9 Å². The summed E-state index contributed by atoms with van der Waals surface area (Å²) in [6.45, 7) is 4.15.